The predicted molar refractivity (Wildman–Crippen MR) is 61.3 cm³/mol. The molecule has 0 amide bonds. The lowest BCUT2D eigenvalue weighted by Crippen LogP contribution is -2.17. The highest BCUT2D eigenvalue weighted by molar-refractivity contribution is 14.1. The molecule has 0 saturated carbocycles. The van der Waals surface area contributed by atoms with Crippen LogP contribution in [0.25, 0.3) is 0 Å². The fraction of sp³-hybridized carbons (Fsp3) is 0.400. The van der Waals surface area contributed by atoms with E-state index in [1.165, 1.54) is 9.13 Å². The van der Waals surface area contributed by atoms with Crippen molar-refractivity contribution >= 4 is 22.6 Å². The summed E-state index contributed by atoms with van der Waals surface area (Å²) in [5, 5.41) is 3.38. The van der Waals surface area contributed by atoms with E-state index in [2.05, 4.69) is 66.0 Å². The molecule has 1 nitrogen and oxygen atoms in total. The van der Waals surface area contributed by atoms with E-state index in [1.54, 1.807) is 0 Å². The largest absolute Gasteiger partial charge is 0.310 e. The van der Waals surface area contributed by atoms with Crippen LogP contribution in [0.15, 0.2) is 24.3 Å². The van der Waals surface area contributed by atoms with Crippen LogP contribution in [0, 0.1) is 3.57 Å². The van der Waals surface area contributed by atoms with Crippen LogP contribution >= 0.6 is 22.6 Å². The summed E-state index contributed by atoms with van der Waals surface area (Å²) in [4.78, 5) is 0. The van der Waals surface area contributed by atoms with Crippen molar-refractivity contribution in [3.05, 3.63) is 33.4 Å². The summed E-state index contributed by atoms with van der Waals surface area (Å²) in [6.45, 7) is 5.34. The lowest BCUT2D eigenvalue weighted by Gasteiger charge is -2.12. The minimum atomic E-state index is 0.465. The molecule has 0 aliphatic carbocycles. The summed E-state index contributed by atoms with van der Waals surface area (Å²) in [5.41, 5.74) is 1.36. The number of hydrogen-bond donors (Lipinski definition) is 1. The Kier molecular flexibility index (Phi) is 4.01. The van der Waals surface area contributed by atoms with E-state index < -0.39 is 0 Å². The van der Waals surface area contributed by atoms with Gasteiger partial charge in [0.25, 0.3) is 0 Å². The van der Waals surface area contributed by atoms with Crippen LogP contribution in [-0.2, 0) is 0 Å². The number of halogens is 1. The Labute approximate surface area is 87.7 Å². The minimum Gasteiger partial charge on any atom is -0.310 e. The Bertz CT molecular complexity index is 230. The summed E-state index contributed by atoms with van der Waals surface area (Å²) in [5.74, 6) is 0. The van der Waals surface area contributed by atoms with Crippen molar-refractivity contribution in [2.75, 3.05) is 6.54 Å². The molecule has 2 heteroatoms. The molecule has 0 spiro atoms. The molecule has 1 N–H and O–H groups in total. The van der Waals surface area contributed by atoms with E-state index in [1.807, 2.05) is 0 Å². The van der Waals surface area contributed by atoms with Gasteiger partial charge in [-0.1, -0.05) is 19.1 Å². The number of nitrogens with one attached hydrogen (secondary N) is 1. The molecule has 1 rings (SSSR count). The lowest BCUT2D eigenvalue weighted by atomic mass is 10.1. The summed E-state index contributed by atoms with van der Waals surface area (Å²) < 4.78 is 1.29. The number of benzene rings is 1. The van der Waals surface area contributed by atoms with Gasteiger partial charge in [-0.3, -0.25) is 0 Å². The zero-order valence-electron chi connectivity index (χ0n) is 7.47. The molecule has 66 valence electrons. The van der Waals surface area contributed by atoms with Crippen molar-refractivity contribution in [1.82, 2.24) is 5.32 Å². The summed E-state index contributed by atoms with van der Waals surface area (Å²) in [6, 6.07) is 9.10. The molecule has 1 aromatic rings. The third kappa shape index (κ3) is 2.75. The van der Waals surface area contributed by atoms with Crippen molar-refractivity contribution in [2.24, 2.45) is 0 Å². The van der Waals surface area contributed by atoms with Crippen LogP contribution in [0.1, 0.15) is 25.5 Å². The number of rotatable bonds is 3. The monoisotopic (exact) mass is 275 g/mol. The van der Waals surface area contributed by atoms with Crippen LogP contribution in [0.5, 0.6) is 0 Å². The molecule has 0 fully saturated rings. The predicted octanol–water partition coefficient (Wildman–Crippen LogP) is 2.96. The van der Waals surface area contributed by atoms with Gasteiger partial charge in [-0.15, -0.1) is 0 Å². The SMILES string of the molecule is CCNC(C)c1ccc(I)cc1. The first-order valence-electron chi connectivity index (χ1n) is 4.23. The normalized spacial score (nSPS) is 12.9. The summed E-state index contributed by atoms with van der Waals surface area (Å²) in [7, 11) is 0. The van der Waals surface area contributed by atoms with E-state index >= 15 is 0 Å². The second-order valence-corrected chi connectivity index (χ2v) is 4.08. The van der Waals surface area contributed by atoms with Gasteiger partial charge in [0.1, 0.15) is 0 Å². The van der Waals surface area contributed by atoms with Gasteiger partial charge in [0, 0.05) is 9.61 Å². The van der Waals surface area contributed by atoms with Gasteiger partial charge < -0.3 is 5.32 Å². The Morgan fingerprint density at radius 3 is 2.42 bits per heavy atom. The summed E-state index contributed by atoms with van der Waals surface area (Å²) >= 11 is 2.32. The standard InChI is InChI=1S/C10H14IN/c1-3-12-8(2)9-4-6-10(11)7-5-9/h4-8,12H,3H2,1-2H3. The quantitative estimate of drug-likeness (QED) is 0.836. The van der Waals surface area contributed by atoms with Gasteiger partial charge in [0.05, 0.1) is 0 Å². The fourth-order valence-electron chi connectivity index (χ4n) is 1.18. The molecule has 0 heterocycles. The van der Waals surface area contributed by atoms with Crippen LogP contribution in [0.2, 0.25) is 0 Å². The zero-order valence-corrected chi connectivity index (χ0v) is 9.63. The van der Waals surface area contributed by atoms with Crippen LogP contribution in [0.4, 0.5) is 0 Å². The van der Waals surface area contributed by atoms with Gasteiger partial charge >= 0.3 is 0 Å². The average Bonchev–Trinajstić information content (AvgIpc) is 2.06. The average molecular weight is 275 g/mol. The number of hydrogen-bond acceptors (Lipinski definition) is 1. The molecule has 0 aliphatic rings. The van der Waals surface area contributed by atoms with E-state index in [0.29, 0.717) is 6.04 Å². The Morgan fingerprint density at radius 2 is 1.92 bits per heavy atom. The van der Waals surface area contributed by atoms with Crippen molar-refractivity contribution in [1.29, 1.82) is 0 Å². The highest BCUT2D eigenvalue weighted by Gasteiger charge is 2.01. The molecule has 1 unspecified atom stereocenters. The molecule has 0 aromatic heterocycles. The fourth-order valence-corrected chi connectivity index (χ4v) is 1.54. The van der Waals surface area contributed by atoms with Crippen LogP contribution < -0.4 is 5.32 Å². The third-order valence-corrected chi connectivity index (χ3v) is 2.60. The molecule has 0 aliphatic heterocycles. The van der Waals surface area contributed by atoms with Gasteiger partial charge in [-0.2, -0.15) is 0 Å². The zero-order chi connectivity index (χ0) is 8.97. The Hall–Kier alpha value is -0.0900. The Balaban J connectivity index is 2.68. The van der Waals surface area contributed by atoms with Gasteiger partial charge in [-0.05, 0) is 53.8 Å². The molecule has 0 radical (unpaired) electrons. The second kappa shape index (κ2) is 4.82. The molecular formula is C10H14IN. The molecule has 1 aromatic carbocycles. The van der Waals surface area contributed by atoms with Crippen molar-refractivity contribution in [3.63, 3.8) is 0 Å². The second-order valence-electron chi connectivity index (χ2n) is 2.83. The van der Waals surface area contributed by atoms with E-state index in [4.69, 9.17) is 0 Å². The van der Waals surface area contributed by atoms with Crippen molar-refractivity contribution in [3.8, 4) is 0 Å². The molecule has 12 heavy (non-hydrogen) atoms. The highest BCUT2D eigenvalue weighted by Crippen LogP contribution is 2.13. The maximum absolute atomic E-state index is 3.38. The third-order valence-electron chi connectivity index (χ3n) is 1.88. The smallest absolute Gasteiger partial charge is 0.0291 e. The molecule has 1 atom stereocenters. The first-order chi connectivity index (χ1) is 5.74. The lowest BCUT2D eigenvalue weighted by molar-refractivity contribution is 0.598. The van der Waals surface area contributed by atoms with Gasteiger partial charge in [0.15, 0.2) is 0 Å². The maximum Gasteiger partial charge on any atom is 0.0291 e. The van der Waals surface area contributed by atoms with Crippen molar-refractivity contribution < 1.29 is 0 Å². The molecule has 0 saturated heterocycles. The maximum atomic E-state index is 3.38. The topological polar surface area (TPSA) is 12.0 Å². The first kappa shape index (κ1) is 9.99. The van der Waals surface area contributed by atoms with E-state index in [0.717, 1.165) is 6.54 Å². The van der Waals surface area contributed by atoms with Crippen LogP contribution in [0.3, 0.4) is 0 Å². The van der Waals surface area contributed by atoms with Gasteiger partial charge in [-0.25, -0.2) is 0 Å². The van der Waals surface area contributed by atoms with Crippen molar-refractivity contribution in [2.45, 2.75) is 19.9 Å². The highest BCUT2D eigenvalue weighted by atomic mass is 127. The van der Waals surface area contributed by atoms with Crippen LogP contribution in [-0.4, -0.2) is 6.54 Å². The minimum absolute atomic E-state index is 0.465. The summed E-state index contributed by atoms with van der Waals surface area (Å²) in [6.07, 6.45) is 0. The van der Waals surface area contributed by atoms with Gasteiger partial charge in [0.2, 0.25) is 0 Å². The first-order valence-corrected chi connectivity index (χ1v) is 5.30. The van der Waals surface area contributed by atoms with E-state index in [-0.39, 0.29) is 0 Å². The Morgan fingerprint density at radius 1 is 1.33 bits per heavy atom. The molecule has 0 bridgehead atoms. The molecular weight excluding hydrogens is 261 g/mol. The van der Waals surface area contributed by atoms with E-state index in [9.17, 15) is 0 Å².